The first-order chi connectivity index (χ1) is 17.8. The van der Waals surface area contributed by atoms with Crippen LogP contribution in [0.15, 0.2) is 88.2 Å². The van der Waals surface area contributed by atoms with Gasteiger partial charge in [-0.05, 0) is 75.7 Å². The van der Waals surface area contributed by atoms with Crippen LogP contribution < -0.4 is 9.62 Å². The third-order valence-corrected chi connectivity index (χ3v) is 8.19. The van der Waals surface area contributed by atoms with Crippen molar-refractivity contribution >= 4 is 55.1 Å². The minimum absolute atomic E-state index is 0.0331. The van der Waals surface area contributed by atoms with Crippen LogP contribution in [-0.2, 0) is 26.2 Å². The molecule has 0 saturated heterocycles. The summed E-state index contributed by atoms with van der Waals surface area (Å²) in [4.78, 5) is 28.4. The smallest absolute Gasteiger partial charge is 0.264 e. The van der Waals surface area contributed by atoms with Crippen molar-refractivity contribution in [1.82, 2.24) is 10.2 Å². The number of halogens is 2. The number of nitrogens with zero attached hydrogens (tertiary/aromatic N) is 2. The fourth-order valence-corrected chi connectivity index (χ4v) is 5.60. The van der Waals surface area contributed by atoms with E-state index in [1.807, 2.05) is 45.0 Å². The Hall–Kier alpha value is -2.88. The van der Waals surface area contributed by atoms with Gasteiger partial charge in [0.2, 0.25) is 11.8 Å². The highest BCUT2D eigenvalue weighted by atomic mass is 79.9. The zero-order valence-electron chi connectivity index (χ0n) is 21.7. The molecule has 1 N–H and O–H groups in total. The average molecular weight is 621 g/mol. The summed E-state index contributed by atoms with van der Waals surface area (Å²) in [5.74, 6) is -0.882. The molecule has 202 valence electrons. The first-order valence-electron chi connectivity index (χ1n) is 12.0. The number of rotatable bonds is 9. The SMILES string of the molecule is C[C@H](C(=O)NC(C)(C)C)N(Cc1ccc(Br)cc1)C(=O)CN(c1cccc(Cl)c1)S(=O)(=O)c1ccccc1. The number of carbonyl (C=O) groups excluding carboxylic acids is 2. The van der Waals surface area contributed by atoms with Crippen molar-refractivity contribution < 1.29 is 18.0 Å². The lowest BCUT2D eigenvalue weighted by Gasteiger charge is -2.33. The first kappa shape index (κ1) is 29.7. The number of amides is 2. The van der Waals surface area contributed by atoms with Gasteiger partial charge in [-0.3, -0.25) is 13.9 Å². The quantitative estimate of drug-likeness (QED) is 0.336. The monoisotopic (exact) mass is 619 g/mol. The predicted molar refractivity (Wildman–Crippen MR) is 154 cm³/mol. The predicted octanol–water partition coefficient (Wildman–Crippen LogP) is 5.63. The van der Waals surface area contributed by atoms with E-state index in [4.69, 9.17) is 11.6 Å². The summed E-state index contributed by atoms with van der Waals surface area (Å²) < 4.78 is 29.3. The molecule has 3 aromatic rings. The number of anilines is 1. The van der Waals surface area contributed by atoms with Crippen molar-refractivity contribution in [2.24, 2.45) is 0 Å². The molecule has 1 atom stereocenters. The van der Waals surface area contributed by atoms with Crippen LogP contribution in [-0.4, -0.2) is 43.3 Å². The minimum atomic E-state index is -4.13. The molecule has 10 heteroatoms. The van der Waals surface area contributed by atoms with Gasteiger partial charge >= 0.3 is 0 Å². The second-order valence-corrected chi connectivity index (χ2v) is 13.1. The Labute approximate surface area is 238 Å². The first-order valence-corrected chi connectivity index (χ1v) is 14.6. The molecule has 0 aliphatic carbocycles. The molecular formula is C28H31BrClN3O4S. The number of hydrogen-bond donors (Lipinski definition) is 1. The van der Waals surface area contributed by atoms with E-state index in [-0.39, 0.29) is 23.0 Å². The van der Waals surface area contributed by atoms with E-state index >= 15 is 0 Å². The lowest BCUT2D eigenvalue weighted by atomic mass is 10.1. The lowest BCUT2D eigenvalue weighted by molar-refractivity contribution is -0.140. The van der Waals surface area contributed by atoms with Crippen LogP contribution in [0.5, 0.6) is 0 Å². The average Bonchev–Trinajstić information content (AvgIpc) is 2.85. The number of nitrogens with one attached hydrogen (secondary N) is 1. The molecule has 0 spiro atoms. The van der Waals surface area contributed by atoms with Crippen molar-refractivity contribution in [2.45, 2.75) is 50.7 Å². The molecule has 0 fully saturated rings. The highest BCUT2D eigenvalue weighted by Gasteiger charge is 2.33. The Bertz CT molecular complexity index is 1380. The Kier molecular flexibility index (Phi) is 9.62. The van der Waals surface area contributed by atoms with Crippen molar-refractivity contribution in [2.75, 3.05) is 10.8 Å². The van der Waals surface area contributed by atoms with E-state index in [2.05, 4.69) is 21.2 Å². The van der Waals surface area contributed by atoms with Crippen molar-refractivity contribution in [1.29, 1.82) is 0 Å². The second-order valence-electron chi connectivity index (χ2n) is 9.87. The maximum Gasteiger partial charge on any atom is 0.264 e. The molecule has 7 nitrogen and oxygen atoms in total. The number of carbonyl (C=O) groups is 2. The number of benzene rings is 3. The number of hydrogen-bond acceptors (Lipinski definition) is 4. The van der Waals surface area contributed by atoms with Gasteiger partial charge in [0.25, 0.3) is 10.0 Å². The fraction of sp³-hybridized carbons (Fsp3) is 0.286. The second kappa shape index (κ2) is 12.3. The molecular weight excluding hydrogens is 590 g/mol. The molecule has 2 amide bonds. The molecule has 0 heterocycles. The van der Waals surface area contributed by atoms with Gasteiger partial charge in [-0.1, -0.05) is 63.9 Å². The molecule has 3 rings (SSSR count). The zero-order valence-corrected chi connectivity index (χ0v) is 24.8. The van der Waals surface area contributed by atoms with Crippen LogP contribution in [0.4, 0.5) is 5.69 Å². The Morgan fingerprint density at radius 2 is 1.61 bits per heavy atom. The summed E-state index contributed by atoms with van der Waals surface area (Å²) in [6.07, 6.45) is 0. The molecule has 38 heavy (non-hydrogen) atoms. The van der Waals surface area contributed by atoms with Crippen LogP contribution in [0.25, 0.3) is 0 Å². The van der Waals surface area contributed by atoms with Gasteiger partial charge in [0.1, 0.15) is 12.6 Å². The van der Waals surface area contributed by atoms with E-state index in [1.165, 1.54) is 23.1 Å². The maximum atomic E-state index is 13.9. The summed E-state index contributed by atoms with van der Waals surface area (Å²) in [6, 6.07) is 20.7. The Morgan fingerprint density at radius 1 is 0.974 bits per heavy atom. The molecule has 3 aromatic carbocycles. The molecule has 0 aliphatic rings. The normalized spacial score (nSPS) is 12.5. The largest absolute Gasteiger partial charge is 0.350 e. The summed E-state index contributed by atoms with van der Waals surface area (Å²) in [6.45, 7) is 6.78. The van der Waals surface area contributed by atoms with E-state index in [1.54, 1.807) is 43.3 Å². The number of sulfonamides is 1. The standard InChI is InChI=1S/C28H31BrClN3O4S/c1-20(27(35)31-28(2,3)4)32(18-21-13-15-22(29)16-14-21)26(34)19-33(24-10-8-9-23(30)17-24)38(36,37)25-11-6-5-7-12-25/h5-17,20H,18-19H2,1-4H3,(H,31,35)/t20-/m1/s1. The van der Waals surface area contributed by atoms with Gasteiger partial charge in [0.15, 0.2) is 0 Å². The van der Waals surface area contributed by atoms with Crippen LogP contribution in [0, 0.1) is 0 Å². The summed E-state index contributed by atoms with van der Waals surface area (Å²) in [5.41, 5.74) is 0.517. The topological polar surface area (TPSA) is 86.8 Å². The summed E-state index contributed by atoms with van der Waals surface area (Å²) in [7, 11) is -4.13. The third-order valence-electron chi connectivity index (χ3n) is 5.64. The van der Waals surface area contributed by atoms with Crippen LogP contribution in [0.1, 0.15) is 33.3 Å². The van der Waals surface area contributed by atoms with Gasteiger partial charge in [-0.25, -0.2) is 8.42 Å². The van der Waals surface area contributed by atoms with Crippen LogP contribution >= 0.6 is 27.5 Å². The summed E-state index contributed by atoms with van der Waals surface area (Å²) in [5, 5.41) is 3.23. The van der Waals surface area contributed by atoms with Crippen LogP contribution in [0.2, 0.25) is 5.02 Å². The molecule has 0 bridgehead atoms. The third kappa shape index (κ3) is 7.82. The molecule has 0 saturated carbocycles. The van der Waals surface area contributed by atoms with Crippen molar-refractivity contribution in [3.63, 3.8) is 0 Å². The highest BCUT2D eigenvalue weighted by molar-refractivity contribution is 9.10. The molecule has 0 radical (unpaired) electrons. The van der Waals surface area contributed by atoms with Crippen LogP contribution in [0.3, 0.4) is 0 Å². The molecule has 0 unspecified atom stereocenters. The van der Waals surface area contributed by atoms with Gasteiger partial charge in [0, 0.05) is 21.6 Å². The highest BCUT2D eigenvalue weighted by Crippen LogP contribution is 2.27. The molecule has 0 aromatic heterocycles. The van der Waals surface area contributed by atoms with Crippen molar-refractivity contribution in [3.8, 4) is 0 Å². The van der Waals surface area contributed by atoms with E-state index in [9.17, 15) is 18.0 Å². The van der Waals surface area contributed by atoms with Gasteiger partial charge < -0.3 is 10.2 Å². The lowest BCUT2D eigenvalue weighted by Crippen LogP contribution is -2.54. The Morgan fingerprint density at radius 3 is 2.18 bits per heavy atom. The fourth-order valence-electron chi connectivity index (χ4n) is 3.72. The minimum Gasteiger partial charge on any atom is -0.350 e. The van der Waals surface area contributed by atoms with Crippen molar-refractivity contribution in [3.05, 3.63) is 93.9 Å². The van der Waals surface area contributed by atoms with Gasteiger partial charge in [-0.2, -0.15) is 0 Å². The Balaban J connectivity index is 2.02. The maximum absolute atomic E-state index is 13.9. The van der Waals surface area contributed by atoms with E-state index < -0.39 is 34.1 Å². The van der Waals surface area contributed by atoms with Gasteiger partial charge in [0.05, 0.1) is 10.6 Å². The van der Waals surface area contributed by atoms with E-state index in [0.717, 1.165) is 14.3 Å². The zero-order chi connectivity index (χ0) is 28.1. The van der Waals surface area contributed by atoms with Gasteiger partial charge in [-0.15, -0.1) is 0 Å². The van der Waals surface area contributed by atoms with E-state index in [0.29, 0.717) is 5.02 Å². The summed E-state index contributed by atoms with van der Waals surface area (Å²) >= 11 is 9.59. The molecule has 0 aliphatic heterocycles.